The zero-order chi connectivity index (χ0) is 6.27. The van der Waals surface area contributed by atoms with Crippen molar-refractivity contribution in [3.05, 3.63) is 10.2 Å². The first-order chi connectivity index (χ1) is 4.38. The summed E-state index contributed by atoms with van der Waals surface area (Å²) in [6.45, 7) is 2.44. The minimum atomic E-state index is 0.455. The third-order valence-electron chi connectivity index (χ3n) is 2.56. The Balaban J connectivity index is 2.11. The Hall–Kier alpha value is 0.470. The van der Waals surface area contributed by atoms with E-state index in [4.69, 9.17) is 0 Å². The van der Waals surface area contributed by atoms with Gasteiger partial charge in [0.2, 0.25) is 0 Å². The zero-order valence-electron chi connectivity index (χ0n) is 5.68. The average Bonchev–Trinajstić information content (AvgIpc) is 1.74. The number of fused-ring (bicyclic) bond motifs is 1. The molecule has 1 fully saturated rings. The normalized spacial score (nSPS) is 48.8. The monoisotopic (exact) mass is 235 g/mol. The van der Waals surface area contributed by atoms with Crippen LogP contribution in [0.3, 0.4) is 0 Å². The molecule has 0 N–H and O–H groups in total. The molecule has 2 unspecified atom stereocenters. The van der Waals surface area contributed by atoms with Gasteiger partial charge in [0.05, 0.1) is 0 Å². The molecule has 0 radical (unpaired) electrons. The van der Waals surface area contributed by atoms with E-state index >= 15 is 0 Å². The Kier molecular flexibility index (Phi) is 1.55. The van der Waals surface area contributed by atoms with Crippen LogP contribution in [0.5, 0.6) is 0 Å². The van der Waals surface area contributed by atoms with Crippen molar-refractivity contribution in [3.8, 4) is 0 Å². The number of rotatable bonds is 0. The van der Waals surface area contributed by atoms with Gasteiger partial charge in [-0.05, 0) is 0 Å². The fourth-order valence-electron chi connectivity index (χ4n) is 1.70. The van der Waals surface area contributed by atoms with Gasteiger partial charge in [0.15, 0.2) is 0 Å². The third-order valence-corrected chi connectivity index (χ3v) is 5.45. The Morgan fingerprint density at radius 1 is 1.44 bits per heavy atom. The van der Waals surface area contributed by atoms with Crippen molar-refractivity contribution < 1.29 is 21.2 Å². The molecule has 9 heavy (non-hydrogen) atoms. The molecule has 1 saturated carbocycles. The van der Waals surface area contributed by atoms with Crippen molar-refractivity contribution in [1.82, 2.24) is 0 Å². The zero-order valence-corrected chi connectivity index (χ0v) is 7.84. The van der Waals surface area contributed by atoms with Crippen LogP contribution in [0.25, 0.3) is 0 Å². The van der Waals surface area contributed by atoms with E-state index in [1.165, 1.54) is 12.8 Å². The van der Waals surface area contributed by atoms with E-state index in [1.807, 2.05) is 0 Å². The van der Waals surface area contributed by atoms with Crippen molar-refractivity contribution >= 4 is 0 Å². The Bertz CT molecular complexity index is 140. The SMILES string of the molecule is CC1[I-]C=CC2CC[C@@H]21. The van der Waals surface area contributed by atoms with Crippen molar-refractivity contribution in [1.29, 1.82) is 0 Å². The first-order valence-electron chi connectivity index (χ1n) is 3.66. The van der Waals surface area contributed by atoms with Gasteiger partial charge in [-0.2, -0.15) is 0 Å². The predicted molar refractivity (Wildman–Crippen MR) is 34.8 cm³/mol. The Morgan fingerprint density at radius 2 is 2.33 bits per heavy atom. The molecular weight excluding hydrogens is 223 g/mol. The fourth-order valence-corrected chi connectivity index (χ4v) is 4.56. The van der Waals surface area contributed by atoms with Crippen LogP contribution in [0.4, 0.5) is 0 Å². The van der Waals surface area contributed by atoms with Gasteiger partial charge < -0.3 is 0 Å². The van der Waals surface area contributed by atoms with Crippen molar-refractivity contribution in [3.63, 3.8) is 0 Å². The van der Waals surface area contributed by atoms with Crippen LogP contribution in [0, 0.1) is 11.8 Å². The van der Waals surface area contributed by atoms with Crippen LogP contribution in [-0.4, -0.2) is 3.92 Å². The van der Waals surface area contributed by atoms with Gasteiger partial charge in [-0.15, -0.1) is 0 Å². The topological polar surface area (TPSA) is 0 Å². The van der Waals surface area contributed by atoms with Crippen molar-refractivity contribution in [2.75, 3.05) is 0 Å². The van der Waals surface area contributed by atoms with Gasteiger partial charge in [0, 0.05) is 0 Å². The standard InChI is InChI=1S/C8H12I/c1-6-8-3-2-7(8)4-5-9-6/h4-8H,2-3H2,1H3/q-1/t6?,7?,8-/m1/s1. The molecule has 0 aromatic carbocycles. The second-order valence-electron chi connectivity index (χ2n) is 3.03. The summed E-state index contributed by atoms with van der Waals surface area (Å²) in [5.74, 6) is 2.12. The predicted octanol–water partition coefficient (Wildman–Crippen LogP) is -0.983. The molecule has 52 valence electrons. The second kappa shape index (κ2) is 2.26. The molecule has 0 aromatic heterocycles. The number of hydrogen-bond donors (Lipinski definition) is 0. The van der Waals surface area contributed by atoms with E-state index in [0.29, 0.717) is 21.2 Å². The van der Waals surface area contributed by atoms with Gasteiger partial charge in [0.1, 0.15) is 0 Å². The molecule has 0 aromatic rings. The van der Waals surface area contributed by atoms with Gasteiger partial charge >= 0.3 is 66.9 Å². The molecule has 2 rings (SSSR count). The van der Waals surface area contributed by atoms with Gasteiger partial charge in [-0.3, -0.25) is 0 Å². The fraction of sp³-hybridized carbons (Fsp3) is 0.750. The van der Waals surface area contributed by atoms with Gasteiger partial charge in [-0.25, -0.2) is 0 Å². The summed E-state index contributed by atoms with van der Waals surface area (Å²) in [6.07, 6.45) is 5.48. The number of alkyl halides is 1. The van der Waals surface area contributed by atoms with E-state index in [9.17, 15) is 0 Å². The Morgan fingerprint density at radius 3 is 2.78 bits per heavy atom. The van der Waals surface area contributed by atoms with E-state index in [2.05, 4.69) is 17.1 Å². The van der Waals surface area contributed by atoms with Crippen LogP contribution >= 0.6 is 0 Å². The van der Waals surface area contributed by atoms with Crippen molar-refractivity contribution in [2.45, 2.75) is 23.7 Å². The molecule has 1 heteroatoms. The summed E-state index contributed by atoms with van der Waals surface area (Å²) in [7, 11) is 0. The molecule has 0 saturated heterocycles. The van der Waals surface area contributed by atoms with Crippen LogP contribution in [0.15, 0.2) is 10.2 Å². The molecule has 0 bridgehead atoms. The van der Waals surface area contributed by atoms with Gasteiger partial charge in [-0.1, -0.05) is 0 Å². The van der Waals surface area contributed by atoms with Crippen LogP contribution in [0.2, 0.25) is 0 Å². The summed E-state index contributed by atoms with van der Waals surface area (Å²) < 4.78 is 3.57. The van der Waals surface area contributed by atoms with Crippen molar-refractivity contribution in [2.24, 2.45) is 11.8 Å². The number of allylic oxidation sites excluding steroid dienone is 1. The quantitative estimate of drug-likeness (QED) is 0.374. The summed E-state index contributed by atoms with van der Waals surface area (Å²) in [4.78, 5) is 0. The summed E-state index contributed by atoms with van der Waals surface area (Å²) in [5.41, 5.74) is 0. The maximum atomic E-state index is 2.48. The van der Waals surface area contributed by atoms with E-state index in [0.717, 1.165) is 15.8 Å². The second-order valence-corrected chi connectivity index (χ2v) is 6.43. The number of halogens is 1. The molecule has 1 aliphatic carbocycles. The van der Waals surface area contributed by atoms with Crippen LogP contribution in [0.1, 0.15) is 19.8 Å². The average molecular weight is 235 g/mol. The summed E-state index contributed by atoms with van der Waals surface area (Å²) in [5, 5.41) is 0. The van der Waals surface area contributed by atoms with E-state index < -0.39 is 0 Å². The third kappa shape index (κ3) is 0.935. The minimum absolute atomic E-state index is 0.455. The van der Waals surface area contributed by atoms with Crippen LogP contribution in [-0.2, 0) is 0 Å². The number of hydrogen-bond acceptors (Lipinski definition) is 0. The molecule has 0 spiro atoms. The van der Waals surface area contributed by atoms with E-state index in [1.54, 1.807) is 0 Å². The molecule has 2 aliphatic rings. The molecule has 1 heterocycles. The van der Waals surface area contributed by atoms with Crippen LogP contribution < -0.4 is 21.2 Å². The van der Waals surface area contributed by atoms with E-state index in [-0.39, 0.29) is 0 Å². The molecular formula is C8H12I-. The molecule has 1 aliphatic heterocycles. The molecule has 0 amide bonds. The summed E-state index contributed by atoms with van der Waals surface area (Å²) >= 11 is 0.455. The summed E-state index contributed by atoms with van der Waals surface area (Å²) in [6, 6.07) is 0. The van der Waals surface area contributed by atoms with Gasteiger partial charge in [0.25, 0.3) is 0 Å². The first-order valence-corrected chi connectivity index (χ1v) is 6.15. The first kappa shape index (κ1) is 6.20. The molecule has 0 nitrogen and oxygen atoms in total. The maximum absolute atomic E-state index is 2.48. The molecule has 3 atom stereocenters. The Labute approximate surface area is 67.0 Å².